The molecule has 0 aromatic heterocycles. The summed E-state index contributed by atoms with van der Waals surface area (Å²) < 4.78 is 6.14. The third-order valence-corrected chi connectivity index (χ3v) is 7.19. The molecule has 5 heteroatoms. The number of hydrogen-bond donors (Lipinski definition) is 1. The van der Waals surface area contributed by atoms with Crippen molar-refractivity contribution in [2.75, 3.05) is 19.6 Å². The molecular weight excluding hydrogens is 480 g/mol. The van der Waals surface area contributed by atoms with Crippen molar-refractivity contribution in [2.45, 2.75) is 13.0 Å². The second kappa shape index (κ2) is 12.1. The van der Waals surface area contributed by atoms with Gasteiger partial charge in [0.15, 0.2) is 0 Å². The van der Waals surface area contributed by atoms with Gasteiger partial charge in [0.05, 0.1) is 5.56 Å². The summed E-state index contributed by atoms with van der Waals surface area (Å²) in [4.78, 5) is 16.0. The molecule has 5 rings (SSSR count). The monoisotopic (exact) mass is 510 g/mol. The topological polar surface area (TPSA) is 41.6 Å². The molecule has 4 nitrogen and oxygen atoms in total. The fraction of sp³-hybridized carbons (Fsp3) is 0.219. The third-order valence-electron chi connectivity index (χ3n) is 6.94. The highest BCUT2D eigenvalue weighted by atomic mass is 35.5. The number of hydrogen-bond acceptors (Lipinski definition) is 3. The van der Waals surface area contributed by atoms with Crippen LogP contribution < -0.4 is 10.1 Å². The highest BCUT2D eigenvalue weighted by molar-refractivity contribution is 6.30. The first-order valence-electron chi connectivity index (χ1n) is 12.8. The second-order valence-corrected chi connectivity index (χ2v) is 10.0. The Bertz CT molecular complexity index is 1300. The fourth-order valence-electron chi connectivity index (χ4n) is 4.99. The molecule has 37 heavy (non-hydrogen) atoms. The van der Waals surface area contributed by atoms with Crippen molar-refractivity contribution in [2.24, 2.45) is 11.8 Å². The van der Waals surface area contributed by atoms with Crippen LogP contribution in [0.15, 0.2) is 109 Å². The van der Waals surface area contributed by atoms with Crippen LogP contribution in [-0.4, -0.2) is 30.4 Å². The van der Waals surface area contributed by atoms with Gasteiger partial charge in [-0.15, -0.1) is 0 Å². The number of nitrogens with one attached hydrogen (secondary N) is 1. The first-order chi connectivity index (χ1) is 18.2. The van der Waals surface area contributed by atoms with Crippen LogP contribution in [0.2, 0.25) is 5.02 Å². The van der Waals surface area contributed by atoms with Crippen molar-refractivity contribution in [1.82, 2.24) is 10.2 Å². The molecule has 0 spiro atoms. The molecule has 1 N–H and O–H groups in total. The van der Waals surface area contributed by atoms with E-state index in [2.05, 4.69) is 35.6 Å². The van der Waals surface area contributed by atoms with Crippen LogP contribution >= 0.6 is 11.6 Å². The Labute approximate surface area is 223 Å². The van der Waals surface area contributed by atoms with E-state index in [9.17, 15) is 4.79 Å². The molecular formula is C32H31ClN2O2. The van der Waals surface area contributed by atoms with Gasteiger partial charge in [0.25, 0.3) is 5.91 Å². The van der Waals surface area contributed by atoms with Gasteiger partial charge in [0.2, 0.25) is 0 Å². The van der Waals surface area contributed by atoms with Gasteiger partial charge in [0, 0.05) is 18.1 Å². The molecule has 2 atom stereocenters. The van der Waals surface area contributed by atoms with Gasteiger partial charge in [-0.2, -0.15) is 0 Å². The quantitative estimate of drug-likeness (QED) is 0.267. The molecule has 1 heterocycles. The van der Waals surface area contributed by atoms with Crippen LogP contribution in [0, 0.1) is 11.8 Å². The number of benzene rings is 4. The molecule has 1 amide bonds. The summed E-state index contributed by atoms with van der Waals surface area (Å²) in [5.74, 6) is 2.03. The first-order valence-corrected chi connectivity index (χ1v) is 13.1. The normalized spacial score (nSPS) is 16.9. The van der Waals surface area contributed by atoms with E-state index in [1.165, 1.54) is 5.56 Å². The van der Waals surface area contributed by atoms with Gasteiger partial charge in [-0.05, 0) is 78.9 Å². The Morgan fingerprint density at radius 1 is 0.784 bits per heavy atom. The summed E-state index contributed by atoms with van der Waals surface area (Å²) in [6.45, 7) is 3.01. The third kappa shape index (κ3) is 6.59. The Morgan fingerprint density at radius 3 is 2.19 bits per heavy atom. The number of ether oxygens (including phenoxy) is 1. The molecule has 0 aliphatic carbocycles. The van der Waals surface area contributed by atoms with Crippen molar-refractivity contribution in [3.8, 4) is 11.5 Å². The van der Waals surface area contributed by atoms with Gasteiger partial charge < -0.3 is 15.0 Å². The summed E-state index contributed by atoms with van der Waals surface area (Å²) in [6, 6.07) is 35.4. The standard InChI is InChI=1S/C32H31ClN2O2/c33-28-17-15-25(16-18-28)22-35(23-27-21-34-20-26(27)19-24-9-3-1-4-10-24)32(36)30-13-7-8-14-31(30)37-29-11-5-2-6-12-29/h1-18,26-27,34H,19-23H2. The van der Waals surface area contributed by atoms with E-state index in [-0.39, 0.29) is 5.91 Å². The average Bonchev–Trinajstić information content (AvgIpc) is 3.37. The molecule has 0 bridgehead atoms. The highest BCUT2D eigenvalue weighted by Crippen LogP contribution is 2.29. The molecule has 4 aromatic rings. The summed E-state index contributed by atoms with van der Waals surface area (Å²) in [5.41, 5.74) is 2.94. The van der Waals surface area contributed by atoms with Crippen molar-refractivity contribution in [3.63, 3.8) is 0 Å². The SMILES string of the molecule is O=C(c1ccccc1Oc1ccccc1)N(Cc1ccc(Cl)cc1)CC1CNCC1Cc1ccccc1. The Kier molecular flexibility index (Phi) is 8.19. The highest BCUT2D eigenvalue weighted by Gasteiger charge is 2.31. The molecule has 2 unspecified atom stereocenters. The number of carbonyl (C=O) groups excluding carboxylic acids is 1. The van der Waals surface area contributed by atoms with Crippen molar-refractivity contribution in [3.05, 3.63) is 131 Å². The van der Waals surface area contributed by atoms with Gasteiger partial charge in [-0.1, -0.05) is 84.4 Å². The lowest BCUT2D eigenvalue weighted by molar-refractivity contribution is 0.0703. The van der Waals surface area contributed by atoms with Crippen LogP contribution in [0.3, 0.4) is 0 Å². The zero-order valence-corrected chi connectivity index (χ0v) is 21.5. The number of nitrogens with zero attached hydrogens (tertiary/aromatic N) is 1. The van der Waals surface area contributed by atoms with E-state index in [1.54, 1.807) is 0 Å². The van der Waals surface area contributed by atoms with Crippen molar-refractivity contribution in [1.29, 1.82) is 0 Å². The van der Waals surface area contributed by atoms with Crippen molar-refractivity contribution >= 4 is 17.5 Å². The first kappa shape index (κ1) is 25.1. The molecule has 1 saturated heterocycles. The number of carbonyl (C=O) groups is 1. The summed E-state index contributed by atoms with van der Waals surface area (Å²) in [7, 11) is 0. The van der Waals surface area contributed by atoms with Gasteiger partial charge >= 0.3 is 0 Å². The smallest absolute Gasteiger partial charge is 0.257 e. The summed E-state index contributed by atoms with van der Waals surface area (Å²) in [5, 5.41) is 4.25. The molecule has 188 valence electrons. The average molecular weight is 511 g/mol. The minimum Gasteiger partial charge on any atom is -0.457 e. The maximum Gasteiger partial charge on any atom is 0.257 e. The van der Waals surface area contributed by atoms with Crippen LogP contribution in [0.5, 0.6) is 11.5 Å². The molecule has 1 fully saturated rings. The molecule has 0 radical (unpaired) electrons. The summed E-state index contributed by atoms with van der Waals surface area (Å²) in [6.07, 6.45) is 0.995. The van der Waals surface area contributed by atoms with E-state index < -0.39 is 0 Å². The zero-order chi connectivity index (χ0) is 25.5. The van der Waals surface area contributed by atoms with Crippen molar-refractivity contribution < 1.29 is 9.53 Å². The minimum absolute atomic E-state index is 0.0353. The molecule has 1 aliphatic heterocycles. The molecule has 4 aromatic carbocycles. The van der Waals surface area contributed by atoms with Gasteiger partial charge in [-0.3, -0.25) is 4.79 Å². The predicted molar refractivity (Wildman–Crippen MR) is 149 cm³/mol. The molecule has 1 aliphatic rings. The van der Waals surface area contributed by atoms with Gasteiger partial charge in [0.1, 0.15) is 11.5 Å². The number of halogens is 1. The lowest BCUT2D eigenvalue weighted by Gasteiger charge is -2.29. The Hall–Kier alpha value is -3.60. The Morgan fingerprint density at radius 2 is 1.43 bits per heavy atom. The second-order valence-electron chi connectivity index (χ2n) is 9.59. The van der Waals surface area contributed by atoms with Crippen LogP contribution in [-0.2, 0) is 13.0 Å². The van der Waals surface area contributed by atoms with Gasteiger partial charge in [-0.25, -0.2) is 0 Å². The summed E-state index contributed by atoms with van der Waals surface area (Å²) >= 11 is 6.13. The lowest BCUT2D eigenvalue weighted by Crippen LogP contribution is -2.37. The predicted octanol–water partition coefficient (Wildman–Crippen LogP) is 6.85. The Balaban J connectivity index is 1.40. The maximum absolute atomic E-state index is 14.1. The number of amides is 1. The van der Waals surface area contributed by atoms with E-state index in [1.807, 2.05) is 83.8 Å². The van der Waals surface area contributed by atoms with Crippen LogP contribution in [0.4, 0.5) is 0 Å². The van der Waals surface area contributed by atoms with E-state index in [0.29, 0.717) is 47.0 Å². The largest absolute Gasteiger partial charge is 0.457 e. The minimum atomic E-state index is -0.0353. The van der Waals surface area contributed by atoms with E-state index in [4.69, 9.17) is 16.3 Å². The lowest BCUT2D eigenvalue weighted by atomic mass is 9.89. The number of rotatable bonds is 9. The van der Waals surface area contributed by atoms with E-state index >= 15 is 0 Å². The zero-order valence-electron chi connectivity index (χ0n) is 20.7. The van der Waals surface area contributed by atoms with E-state index in [0.717, 1.165) is 25.1 Å². The fourth-order valence-corrected chi connectivity index (χ4v) is 5.11. The molecule has 0 saturated carbocycles. The van der Waals surface area contributed by atoms with Crippen LogP contribution in [0.25, 0.3) is 0 Å². The van der Waals surface area contributed by atoms with Crippen LogP contribution in [0.1, 0.15) is 21.5 Å². The number of para-hydroxylation sites is 2. The maximum atomic E-state index is 14.1.